The molecule has 0 amide bonds. The van der Waals surface area contributed by atoms with Crippen LogP contribution in [0.3, 0.4) is 0 Å². The number of carbonyl (C=O) groups excluding carboxylic acids is 1. The Kier molecular flexibility index (Phi) is 2.01. The Morgan fingerprint density at radius 2 is 1.86 bits per heavy atom. The van der Waals surface area contributed by atoms with Crippen molar-refractivity contribution in [3.63, 3.8) is 0 Å². The van der Waals surface area contributed by atoms with Crippen molar-refractivity contribution >= 4 is 12.3 Å². The Morgan fingerprint density at radius 1 is 1.43 bits per heavy atom. The fraction of sp³-hybridized carbons (Fsp3) is 0. The molecule has 0 fully saturated rings. The van der Waals surface area contributed by atoms with Crippen LogP contribution in [0.2, 0.25) is 0 Å². The van der Waals surface area contributed by atoms with Crippen LogP contribution in [0.5, 0.6) is 0 Å². The molecule has 0 aliphatic carbocycles. The van der Waals surface area contributed by atoms with Gasteiger partial charge in [0, 0.05) is 0 Å². The van der Waals surface area contributed by atoms with Crippen LogP contribution in [-0.2, 0) is 9.59 Å². The van der Waals surface area contributed by atoms with Gasteiger partial charge in [-0.1, -0.05) is 0 Å². The SMILES string of the molecule is O=C[C](O)C(=O)O. The first-order valence-electron chi connectivity index (χ1n) is 1.43. The van der Waals surface area contributed by atoms with Crippen molar-refractivity contribution in [2.75, 3.05) is 0 Å². The third-order valence-electron chi connectivity index (χ3n) is 0.331. The highest BCUT2D eigenvalue weighted by molar-refractivity contribution is 5.99. The molecule has 0 aromatic carbocycles. The molecule has 2 N–H and O–H groups in total. The summed E-state index contributed by atoms with van der Waals surface area (Å²) in [6.45, 7) is 0. The summed E-state index contributed by atoms with van der Waals surface area (Å²) in [6, 6.07) is 0. The van der Waals surface area contributed by atoms with Gasteiger partial charge in [-0.15, -0.1) is 0 Å². The van der Waals surface area contributed by atoms with Crippen LogP contribution in [0.1, 0.15) is 0 Å². The topological polar surface area (TPSA) is 74.6 Å². The number of carboxylic acid groups (broad SMARTS) is 1. The number of aliphatic hydroxyl groups is 1. The summed E-state index contributed by atoms with van der Waals surface area (Å²) in [5, 5.41) is 15.5. The highest BCUT2D eigenvalue weighted by atomic mass is 16.4. The lowest BCUT2D eigenvalue weighted by Crippen LogP contribution is -2.10. The van der Waals surface area contributed by atoms with Gasteiger partial charge in [-0.2, -0.15) is 0 Å². The van der Waals surface area contributed by atoms with Crippen molar-refractivity contribution in [2.24, 2.45) is 0 Å². The van der Waals surface area contributed by atoms with Gasteiger partial charge in [0.1, 0.15) is 0 Å². The molecule has 0 spiro atoms. The molecule has 7 heavy (non-hydrogen) atoms. The summed E-state index contributed by atoms with van der Waals surface area (Å²) in [5.74, 6) is -1.60. The first-order valence-corrected chi connectivity index (χ1v) is 1.43. The zero-order valence-electron chi connectivity index (χ0n) is 3.29. The summed E-state index contributed by atoms with van der Waals surface area (Å²) in [7, 11) is 0. The second-order valence-corrected chi connectivity index (χ2v) is 0.808. The molecule has 0 aliphatic heterocycles. The Labute approximate surface area is 39.4 Å². The lowest BCUT2D eigenvalue weighted by Gasteiger charge is -1.85. The average molecular weight is 103 g/mol. The zero-order valence-corrected chi connectivity index (χ0v) is 3.29. The van der Waals surface area contributed by atoms with Crippen LogP contribution in [0.4, 0.5) is 0 Å². The van der Waals surface area contributed by atoms with Gasteiger partial charge in [-0.05, 0) is 0 Å². The van der Waals surface area contributed by atoms with Crippen LogP contribution >= 0.6 is 0 Å². The number of aliphatic hydroxyl groups excluding tert-OH is 1. The van der Waals surface area contributed by atoms with Crippen molar-refractivity contribution < 1.29 is 19.8 Å². The van der Waals surface area contributed by atoms with Gasteiger partial charge in [0.2, 0.25) is 0 Å². The summed E-state index contributed by atoms with van der Waals surface area (Å²) < 4.78 is 0. The molecule has 4 heteroatoms. The first-order chi connectivity index (χ1) is 3.18. The molecule has 39 valence electrons. The minimum atomic E-state index is -1.60. The third-order valence-corrected chi connectivity index (χ3v) is 0.331. The van der Waals surface area contributed by atoms with Gasteiger partial charge in [0.25, 0.3) is 6.10 Å². The molecule has 0 bridgehead atoms. The molecule has 0 aliphatic rings. The number of aldehydes is 1. The third kappa shape index (κ3) is 1.88. The van der Waals surface area contributed by atoms with Crippen molar-refractivity contribution in [3.8, 4) is 0 Å². The van der Waals surface area contributed by atoms with Gasteiger partial charge in [0.15, 0.2) is 6.29 Å². The maximum absolute atomic E-state index is 9.41. The van der Waals surface area contributed by atoms with Gasteiger partial charge >= 0.3 is 5.97 Å². The van der Waals surface area contributed by atoms with Crippen LogP contribution in [0, 0.1) is 6.10 Å². The maximum Gasteiger partial charge on any atom is 0.347 e. The van der Waals surface area contributed by atoms with E-state index < -0.39 is 12.1 Å². The van der Waals surface area contributed by atoms with Crippen molar-refractivity contribution in [1.82, 2.24) is 0 Å². The van der Waals surface area contributed by atoms with E-state index >= 15 is 0 Å². The summed E-state index contributed by atoms with van der Waals surface area (Å²) >= 11 is 0. The van der Waals surface area contributed by atoms with E-state index in [1.165, 1.54) is 0 Å². The van der Waals surface area contributed by atoms with E-state index in [0.717, 1.165) is 0 Å². The highest BCUT2D eigenvalue weighted by Gasteiger charge is 2.11. The quantitative estimate of drug-likeness (QED) is 0.353. The number of rotatable bonds is 2. The van der Waals surface area contributed by atoms with E-state index in [4.69, 9.17) is 10.2 Å². The second-order valence-electron chi connectivity index (χ2n) is 0.808. The van der Waals surface area contributed by atoms with Gasteiger partial charge in [-0.3, -0.25) is 4.79 Å². The molecule has 0 atom stereocenters. The van der Waals surface area contributed by atoms with Gasteiger partial charge in [0.05, 0.1) is 0 Å². The van der Waals surface area contributed by atoms with Gasteiger partial charge < -0.3 is 10.2 Å². The first kappa shape index (κ1) is 6.10. The van der Waals surface area contributed by atoms with E-state index in [1.807, 2.05) is 0 Å². The standard InChI is InChI=1S/C3H3O4/c4-1-2(5)3(6)7/h1,5H,(H,6,7). The summed E-state index contributed by atoms with van der Waals surface area (Å²) in [4.78, 5) is 18.7. The number of carbonyl (C=O) groups is 2. The van der Waals surface area contributed by atoms with Crippen LogP contribution in [0.25, 0.3) is 0 Å². The molecule has 4 nitrogen and oxygen atoms in total. The fourth-order valence-corrected chi connectivity index (χ4v) is 0.0504. The molecule has 0 aromatic rings. The van der Waals surface area contributed by atoms with Crippen molar-refractivity contribution in [1.29, 1.82) is 0 Å². The number of hydrogen-bond donors (Lipinski definition) is 2. The fourth-order valence-electron chi connectivity index (χ4n) is 0.0504. The number of carboxylic acids is 1. The van der Waals surface area contributed by atoms with E-state index in [-0.39, 0.29) is 6.29 Å². The smallest absolute Gasteiger partial charge is 0.347 e. The predicted molar refractivity (Wildman–Crippen MR) is 18.9 cm³/mol. The Balaban J connectivity index is 3.55. The highest BCUT2D eigenvalue weighted by Crippen LogP contribution is 1.83. The largest absolute Gasteiger partial charge is 0.479 e. The molecule has 0 saturated carbocycles. The van der Waals surface area contributed by atoms with E-state index in [9.17, 15) is 9.59 Å². The molecule has 0 heterocycles. The molecular formula is C3H3O4. The maximum atomic E-state index is 9.41. The zero-order chi connectivity index (χ0) is 5.86. The average Bonchev–Trinajstić information content (AvgIpc) is 1.65. The van der Waals surface area contributed by atoms with E-state index in [1.54, 1.807) is 0 Å². The Hall–Kier alpha value is -0.900. The molecule has 1 radical (unpaired) electrons. The molecule has 0 aromatic heterocycles. The van der Waals surface area contributed by atoms with Crippen molar-refractivity contribution in [2.45, 2.75) is 0 Å². The van der Waals surface area contributed by atoms with E-state index in [2.05, 4.69) is 0 Å². The van der Waals surface area contributed by atoms with Crippen LogP contribution in [0.15, 0.2) is 0 Å². The minimum absolute atomic E-state index is 0.137. The monoisotopic (exact) mass is 103 g/mol. The molecule has 0 unspecified atom stereocenters. The second kappa shape index (κ2) is 2.30. The van der Waals surface area contributed by atoms with Crippen molar-refractivity contribution in [3.05, 3.63) is 6.10 Å². The predicted octanol–water partition coefficient (Wildman–Crippen LogP) is -0.826. The van der Waals surface area contributed by atoms with Gasteiger partial charge in [-0.25, -0.2) is 4.79 Å². The molecular weight excluding hydrogens is 100 g/mol. The normalized spacial score (nSPS) is 8.86. The summed E-state index contributed by atoms with van der Waals surface area (Å²) in [5.41, 5.74) is 0. The lowest BCUT2D eigenvalue weighted by atomic mass is 10.4. The lowest BCUT2D eigenvalue weighted by molar-refractivity contribution is -0.141. The Morgan fingerprint density at radius 3 is 1.86 bits per heavy atom. The Bertz CT molecular complexity index is 86.9. The number of aliphatic carboxylic acids is 1. The minimum Gasteiger partial charge on any atom is -0.479 e. The van der Waals surface area contributed by atoms with Crippen LogP contribution in [-0.4, -0.2) is 22.5 Å². The molecule has 0 saturated heterocycles. The number of hydrogen-bond acceptors (Lipinski definition) is 3. The van der Waals surface area contributed by atoms with E-state index in [0.29, 0.717) is 0 Å². The molecule has 0 rings (SSSR count). The summed E-state index contributed by atoms with van der Waals surface area (Å²) in [6.07, 6.45) is -1.30. The van der Waals surface area contributed by atoms with Crippen LogP contribution < -0.4 is 0 Å².